The van der Waals surface area contributed by atoms with Crippen molar-refractivity contribution >= 4 is 35.1 Å². The second-order valence-electron chi connectivity index (χ2n) is 11.4. The molecule has 3 heterocycles. The fourth-order valence-corrected chi connectivity index (χ4v) is 6.25. The zero-order valence-electron chi connectivity index (χ0n) is 22.3. The van der Waals surface area contributed by atoms with Crippen LogP contribution in [0.15, 0.2) is 36.8 Å². The number of aromatic nitrogens is 3. The van der Waals surface area contributed by atoms with Gasteiger partial charge < -0.3 is 20.1 Å². The highest BCUT2D eigenvalue weighted by Gasteiger charge is 2.44. The minimum absolute atomic E-state index is 0.0802. The predicted molar refractivity (Wildman–Crippen MR) is 148 cm³/mol. The van der Waals surface area contributed by atoms with Crippen molar-refractivity contribution in [1.29, 1.82) is 0 Å². The molecule has 1 aliphatic heterocycles. The number of fused-ring (bicyclic) bond motifs is 1. The number of rotatable bonds is 5. The Balaban J connectivity index is 1.30. The third-order valence-corrected chi connectivity index (χ3v) is 8.06. The molecule has 8 nitrogen and oxygen atoms in total. The zero-order valence-corrected chi connectivity index (χ0v) is 23.8. The van der Waals surface area contributed by atoms with Crippen LogP contribution < -0.4 is 10.5 Å². The van der Waals surface area contributed by atoms with Crippen LogP contribution in [0.3, 0.4) is 0 Å². The summed E-state index contributed by atoms with van der Waals surface area (Å²) in [5, 5.41) is 4.88. The highest BCUT2D eigenvalue weighted by Crippen LogP contribution is 2.45. The van der Waals surface area contributed by atoms with Gasteiger partial charge >= 0.3 is 6.09 Å². The van der Waals surface area contributed by atoms with Gasteiger partial charge in [-0.1, -0.05) is 23.2 Å². The van der Waals surface area contributed by atoms with Gasteiger partial charge in [-0.05, 0) is 64.5 Å². The number of benzene rings is 1. The third kappa shape index (κ3) is 5.79. The van der Waals surface area contributed by atoms with E-state index >= 15 is 0 Å². The molecule has 39 heavy (non-hydrogen) atoms. The Morgan fingerprint density at radius 1 is 1.18 bits per heavy atom. The van der Waals surface area contributed by atoms with Gasteiger partial charge in [0.15, 0.2) is 0 Å². The van der Waals surface area contributed by atoms with E-state index in [4.69, 9.17) is 38.4 Å². The molecule has 0 bridgehead atoms. The number of nitrogens with two attached hydrogens (primary N) is 1. The van der Waals surface area contributed by atoms with Crippen molar-refractivity contribution in [2.24, 2.45) is 11.8 Å². The van der Waals surface area contributed by atoms with Gasteiger partial charge in [0.05, 0.1) is 17.3 Å². The van der Waals surface area contributed by atoms with E-state index in [2.05, 4.69) is 10.1 Å². The number of carbonyl (C=O) groups is 1. The topological polar surface area (TPSA) is 95.5 Å². The number of hydrogen-bond donors (Lipinski definition) is 1. The summed E-state index contributed by atoms with van der Waals surface area (Å²) in [6, 6.07) is 4.52. The van der Waals surface area contributed by atoms with Crippen molar-refractivity contribution < 1.29 is 18.7 Å². The summed E-state index contributed by atoms with van der Waals surface area (Å²) in [5.74, 6) is 0.991. The maximum atomic E-state index is 14.1. The molecular formula is C28H32Cl2FN5O3. The summed E-state index contributed by atoms with van der Waals surface area (Å²) < 4.78 is 27.9. The van der Waals surface area contributed by atoms with Gasteiger partial charge in [-0.3, -0.25) is 4.68 Å². The number of nitrogens with zero attached hydrogens (tertiary/aromatic N) is 4. The predicted octanol–water partition coefficient (Wildman–Crippen LogP) is 6.93. The van der Waals surface area contributed by atoms with Gasteiger partial charge in [0.25, 0.3) is 0 Å². The van der Waals surface area contributed by atoms with Crippen LogP contribution in [-0.4, -0.2) is 44.4 Å². The first-order valence-electron chi connectivity index (χ1n) is 13.0. The lowest BCUT2D eigenvalue weighted by Gasteiger charge is -2.25. The molecule has 2 fully saturated rings. The number of pyridine rings is 1. The van der Waals surface area contributed by atoms with Crippen molar-refractivity contribution in [2.75, 3.05) is 18.8 Å². The lowest BCUT2D eigenvalue weighted by Crippen LogP contribution is -2.36. The van der Waals surface area contributed by atoms with E-state index in [0.717, 1.165) is 18.4 Å². The Hall–Kier alpha value is -3.04. The van der Waals surface area contributed by atoms with Crippen LogP contribution in [0.25, 0.3) is 11.1 Å². The van der Waals surface area contributed by atoms with Crippen LogP contribution in [0.4, 0.5) is 15.0 Å². The smallest absolute Gasteiger partial charge is 0.410 e. The van der Waals surface area contributed by atoms with Gasteiger partial charge in [0, 0.05) is 53.3 Å². The molecule has 1 saturated heterocycles. The van der Waals surface area contributed by atoms with Crippen molar-refractivity contribution in [2.45, 2.75) is 58.3 Å². The van der Waals surface area contributed by atoms with Gasteiger partial charge in [-0.15, -0.1) is 0 Å². The van der Waals surface area contributed by atoms with Gasteiger partial charge in [-0.25, -0.2) is 14.2 Å². The van der Waals surface area contributed by atoms with E-state index in [1.807, 2.05) is 36.5 Å². The highest BCUT2D eigenvalue weighted by atomic mass is 35.5. The van der Waals surface area contributed by atoms with Crippen LogP contribution >= 0.6 is 23.2 Å². The first kappa shape index (κ1) is 27.5. The van der Waals surface area contributed by atoms with E-state index in [0.29, 0.717) is 46.8 Å². The summed E-state index contributed by atoms with van der Waals surface area (Å²) in [6.45, 7) is 8.79. The largest absolute Gasteiger partial charge is 0.485 e. The number of carbonyl (C=O) groups excluding carboxylic acids is 1. The Morgan fingerprint density at radius 2 is 1.87 bits per heavy atom. The van der Waals surface area contributed by atoms with E-state index in [9.17, 15) is 9.18 Å². The maximum absolute atomic E-state index is 14.1. The fourth-order valence-electron chi connectivity index (χ4n) is 5.57. The average molecular weight is 577 g/mol. The average Bonchev–Trinajstić information content (AvgIpc) is 3.56. The van der Waals surface area contributed by atoms with E-state index in [1.54, 1.807) is 25.4 Å². The standard InChI is InChI=1S/C28H32Cl2FN5O3/c1-15(25-21(29)5-6-22(31)26(25)30)38-23-9-24(32)33-11-20(23)18-10-34-36(14-18)19-7-16-12-35(13-17(16)8-19)27(37)39-28(2,3)4/h5-6,9-11,14-17,19H,7-8,12-13H2,1-4H3,(H2,32,33)/t15-,16?,17?,19?/m1/s1. The molecule has 3 aromatic rings. The highest BCUT2D eigenvalue weighted by molar-refractivity contribution is 6.36. The Morgan fingerprint density at radius 3 is 2.54 bits per heavy atom. The number of likely N-dealkylation sites (tertiary alicyclic amines) is 1. The van der Waals surface area contributed by atoms with Crippen molar-refractivity contribution in [3.8, 4) is 16.9 Å². The molecule has 1 aromatic carbocycles. The van der Waals surface area contributed by atoms with E-state index in [1.165, 1.54) is 12.1 Å². The van der Waals surface area contributed by atoms with E-state index in [-0.39, 0.29) is 23.0 Å². The molecule has 2 aliphatic rings. The normalized spacial score (nSPS) is 21.6. The van der Waals surface area contributed by atoms with Gasteiger partial charge in [0.1, 0.15) is 29.1 Å². The van der Waals surface area contributed by atoms with Crippen LogP contribution in [-0.2, 0) is 4.74 Å². The van der Waals surface area contributed by atoms with Crippen molar-refractivity contribution in [3.63, 3.8) is 0 Å². The van der Waals surface area contributed by atoms with Gasteiger partial charge in [-0.2, -0.15) is 5.10 Å². The zero-order chi connectivity index (χ0) is 28.1. The summed E-state index contributed by atoms with van der Waals surface area (Å²) in [5.41, 5.74) is 7.33. The molecule has 1 saturated carbocycles. The summed E-state index contributed by atoms with van der Waals surface area (Å²) >= 11 is 12.5. The molecule has 11 heteroatoms. The molecule has 208 valence electrons. The van der Waals surface area contributed by atoms with Crippen LogP contribution in [0.5, 0.6) is 5.75 Å². The van der Waals surface area contributed by atoms with Crippen molar-refractivity contribution in [1.82, 2.24) is 19.7 Å². The lowest BCUT2D eigenvalue weighted by molar-refractivity contribution is 0.0277. The van der Waals surface area contributed by atoms with Gasteiger partial charge in [0.2, 0.25) is 0 Å². The number of amides is 1. The number of ether oxygens (including phenoxy) is 2. The first-order valence-corrected chi connectivity index (χ1v) is 13.7. The Labute approximate surface area is 237 Å². The molecule has 1 aliphatic carbocycles. The molecule has 0 spiro atoms. The molecule has 1 amide bonds. The lowest BCUT2D eigenvalue weighted by atomic mass is 10.0. The monoisotopic (exact) mass is 575 g/mol. The molecule has 2 unspecified atom stereocenters. The molecule has 2 aromatic heterocycles. The summed E-state index contributed by atoms with van der Waals surface area (Å²) in [7, 11) is 0. The second kappa shape index (κ2) is 10.5. The second-order valence-corrected chi connectivity index (χ2v) is 12.1. The molecule has 3 atom stereocenters. The number of nitrogen functional groups attached to an aromatic ring is 1. The van der Waals surface area contributed by atoms with Crippen molar-refractivity contribution in [3.05, 3.63) is 58.2 Å². The van der Waals surface area contributed by atoms with Crippen LogP contribution in [0.1, 0.15) is 58.2 Å². The van der Waals surface area contributed by atoms with E-state index < -0.39 is 17.5 Å². The molecule has 5 rings (SSSR count). The minimum atomic E-state index is -0.654. The minimum Gasteiger partial charge on any atom is -0.485 e. The molecular weight excluding hydrogens is 544 g/mol. The maximum Gasteiger partial charge on any atom is 0.410 e. The summed E-state index contributed by atoms with van der Waals surface area (Å²) in [6.07, 6.45) is 6.35. The Kier molecular flexibility index (Phi) is 7.41. The number of anilines is 1. The number of halogens is 3. The molecule has 0 radical (unpaired) electrons. The molecule has 2 N–H and O–H groups in total. The summed E-state index contributed by atoms with van der Waals surface area (Å²) in [4.78, 5) is 18.6. The third-order valence-electron chi connectivity index (χ3n) is 7.34. The Bertz CT molecular complexity index is 1380. The quantitative estimate of drug-likeness (QED) is 0.331. The fraction of sp³-hybridized carbons (Fsp3) is 0.464. The van der Waals surface area contributed by atoms with Crippen LogP contribution in [0.2, 0.25) is 10.0 Å². The first-order chi connectivity index (χ1) is 18.4. The SMILES string of the molecule is C[C@@H](Oc1cc(N)ncc1-c1cnn(C2CC3CN(C(=O)OC(C)(C)C)CC3C2)c1)c1c(Cl)ccc(F)c1Cl. The number of hydrogen-bond acceptors (Lipinski definition) is 6. The van der Waals surface area contributed by atoms with Crippen LogP contribution in [0, 0.1) is 17.7 Å².